The van der Waals surface area contributed by atoms with Gasteiger partial charge in [-0.25, -0.2) is 0 Å². The van der Waals surface area contributed by atoms with Crippen LogP contribution in [0.5, 0.6) is 23.0 Å². The summed E-state index contributed by atoms with van der Waals surface area (Å²) >= 11 is 5.97. The molecule has 1 atom stereocenters. The average molecular weight is 524 g/mol. The van der Waals surface area contributed by atoms with Gasteiger partial charge >= 0.3 is 0 Å². The van der Waals surface area contributed by atoms with E-state index in [9.17, 15) is 0 Å². The van der Waals surface area contributed by atoms with Gasteiger partial charge in [0.2, 0.25) is 6.79 Å². The number of unbranched alkanes of at least 4 members (excludes halogenated alkanes) is 3. The van der Waals surface area contributed by atoms with Crippen LogP contribution in [0.25, 0.3) is 11.3 Å². The van der Waals surface area contributed by atoms with Crippen molar-refractivity contribution in [3.05, 3.63) is 46.5 Å². The Kier molecular flexibility index (Phi) is 7.16. The number of nitrogens with zero attached hydrogens (tertiary/aromatic N) is 1. The van der Waals surface area contributed by atoms with Crippen molar-refractivity contribution in [1.29, 1.82) is 0 Å². The molecule has 0 bridgehead atoms. The first-order chi connectivity index (χ1) is 18.2. The normalized spacial score (nSPS) is 20.1. The molecule has 37 heavy (non-hydrogen) atoms. The summed E-state index contributed by atoms with van der Waals surface area (Å²) in [5.41, 5.74) is 8.17. The third-order valence-electron chi connectivity index (χ3n) is 8.75. The molecule has 1 saturated carbocycles. The highest BCUT2D eigenvalue weighted by atomic mass is 35.5. The Labute approximate surface area is 225 Å². The van der Waals surface area contributed by atoms with E-state index in [1.165, 1.54) is 72.0 Å². The highest BCUT2D eigenvalue weighted by Crippen LogP contribution is 2.57. The Morgan fingerprint density at radius 2 is 1.73 bits per heavy atom. The van der Waals surface area contributed by atoms with Crippen molar-refractivity contribution >= 4 is 22.9 Å². The summed E-state index contributed by atoms with van der Waals surface area (Å²) < 4.78 is 23.5. The molecule has 2 aromatic carbocycles. The smallest absolute Gasteiger partial charge is 0.231 e. The van der Waals surface area contributed by atoms with Crippen LogP contribution in [0.1, 0.15) is 86.1 Å². The highest BCUT2D eigenvalue weighted by Gasteiger charge is 2.43. The molecule has 3 aliphatic heterocycles. The number of allylic oxidation sites excluding steroid dienone is 1. The van der Waals surface area contributed by atoms with Crippen molar-refractivity contribution in [2.24, 2.45) is 5.92 Å². The molecular formula is C31H38ClNO4. The minimum atomic E-state index is 0.288. The predicted molar refractivity (Wildman–Crippen MR) is 148 cm³/mol. The molecule has 0 radical (unpaired) electrons. The molecule has 3 heterocycles. The number of benzene rings is 2. The van der Waals surface area contributed by atoms with Crippen molar-refractivity contribution in [2.45, 2.75) is 70.3 Å². The van der Waals surface area contributed by atoms with Gasteiger partial charge in [-0.3, -0.25) is 0 Å². The van der Waals surface area contributed by atoms with Crippen molar-refractivity contribution in [2.75, 3.05) is 33.4 Å². The summed E-state index contributed by atoms with van der Waals surface area (Å²) in [7, 11) is 3.54. The largest absolute Gasteiger partial charge is 0.493 e. The van der Waals surface area contributed by atoms with Crippen molar-refractivity contribution in [3.8, 4) is 23.0 Å². The molecule has 6 rings (SSSR count). The van der Waals surface area contributed by atoms with Gasteiger partial charge in [0.1, 0.15) is 0 Å². The van der Waals surface area contributed by atoms with Crippen molar-refractivity contribution < 1.29 is 18.9 Å². The zero-order valence-corrected chi connectivity index (χ0v) is 22.9. The first-order valence-electron chi connectivity index (χ1n) is 14.0. The second kappa shape index (κ2) is 10.7. The summed E-state index contributed by atoms with van der Waals surface area (Å²) in [5.74, 6) is 4.83. The van der Waals surface area contributed by atoms with Crippen LogP contribution in [-0.4, -0.2) is 38.3 Å². The van der Waals surface area contributed by atoms with E-state index in [-0.39, 0.29) is 6.04 Å². The van der Waals surface area contributed by atoms with Crippen LogP contribution in [0.3, 0.4) is 0 Å². The van der Waals surface area contributed by atoms with E-state index in [0.717, 1.165) is 61.1 Å². The number of hydrogen-bond acceptors (Lipinski definition) is 5. The predicted octanol–water partition coefficient (Wildman–Crippen LogP) is 7.59. The van der Waals surface area contributed by atoms with Crippen LogP contribution >= 0.6 is 11.6 Å². The zero-order chi connectivity index (χ0) is 25.4. The van der Waals surface area contributed by atoms with Crippen LogP contribution in [0.15, 0.2) is 24.3 Å². The quantitative estimate of drug-likeness (QED) is 0.250. The first-order valence-corrected chi connectivity index (χ1v) is 14.5. The molecule has 2 aromatic rings. The van der Waals surface area contributed by atoms with Crippen LogP contribution in [0, 0.1) is 5.92 Å². The van der Waals surface area contributed by atoms with Gasteiger partial charge in [-0.2, -0.15) is 0 Å². The van der Waals surface area contributed by atoms with Crippen LogP contribution in [0.4, 0.5) is 0 Å². The lowest BCUT2D eigenvalue weighted by molar-refractivity contribution is 0.174. The first kappa shape index (κ1) is 24.8. The lowest BCUT2D eigenvalue weighted by atomic mass is 9.76. The fourth-order valence-corrected chi connectivity index (χ4v) is 7.28. The molecule has 4 aliphatic rings. The number of ether oxygens (including phenoxy) is 4. The third kappa shape index (κ3) is 4.33. The summed E-state index contributed by atoms with van der Waals surface area (Å²) in [4.78, 5) is 2.72. The standard InChI is InChI=1S/C31H38ClNO4/c1-34-25-13-12-22-23(11-5-3-4-8-15-32)30-24-18-27-26(36-19-37-27)17-21(24)14-16-33(30)29(20-9-6-7-10-20)28(22)31(25)35-2/h12-13,17-18,20,29H,3-11,14-16,19H2,1-2H3. The monoisotopic (exact) mass is 523 g/mol. The Bertz CT molecular complexity index is 1190. The maximum absolute atomic E-state index is 6.11. The van der Waals surface area contributed by atoms with E-state index in [2.05, 4.69) is 29.2 Å². The Hall–Kier alpha value is -2.53. The molecule has 5 nitrogen and oxygen atoms in total. The van der Waals surface area contributed by atoms with E-state index in [1.807, 2.05) is 0 Å². The van der Waals surface area contributed by atoms with Gasteiger partial charge in [0, 0.05) is 29.2 Å². The summed E-state index contributed by atoms with van der Waals surface area (Å²) in [5, 5.41) is 0. The SMILES string of the molecule is COc1ccc2c(c1OC)C(C1CCCC1)N1CCc3cc4c(cc3C1=C2CCCCCCCl)OCO4. The van der Waals surface area contributed by atoms with E-state index >= 15 is 0 Å². The fourth-order valence-electron chi connectivity index (χ4n) is 7.09. The van der Waals surface area contributed by atoms with Crippen molar-refractivity contribution in [3.63, 3.8) is 0 Å². The Morgan fingerprint density at radius 3 is 2.49 bits per heavy atom. The van der Waals surface area contributed by atoms with Gasteiger partial charge in [0.05, 0.1) is 20.3 Å². The van der Waals surface area contributed by atoms with Gasteiger partial charge in [-0.05, 0) is 79.3 Å². The van der Waals surface area contributed by atoms with Gasteiger partial charge in [0.15, 0.2) is 23.0 Å². The molecule has 1 fully saturated rings. The molecule has 198 valence electrons. The Balaban J connectivity index is 1.54. The average Bonchev–Trinajstić information content (AvgIpc) is 3.62. The number of hydrogen-bond donors (Lipinski definition) is 0. The van der Waals surface area contributed by atoms with E-state index in [0.29, 0.717) is 12.7 Å². The van der Waals surface area contributed by atoms with Crippen LogP contribution < -0.4 is 18.9 Å². The topological polar surface area (TPSA) is 40.2 Å². The summed E-state index contributed by atoms with van der Waals surface area (Å²) in [6.45, 7) is 1.30. The third-order valence-corrected chi connectivity index (χ3v) is 9.01. The summed E-state index contributed by atoms with van der Waals surface area (Å²) in [6, 6.07) is 9.13. The van der Waals surface area contributed by atoms with E-state index in [4.69, 9.17) is 30.5 Å². The number of rotatable bonds is 9. The van der Waals surface area contributed by atoms with Gasteiger partial charge in [-0.15, -0.1) is 11.6 Å². The van der Waals surface area contributed by atoms with Gasteiger partial charge in [0.25, 0.3) is 0 Å². The lowest BCUT2D eigenvalue weighted by Crippen LogP contribution is -2.40. The molecule has 6 heteroatoms. The number of methoxy groups -OCH3 is 2. The molecule has 0 N–H and O–H groups in total. The number of fused-ring (bicyclic) bond motifs is 5. The second-order valence-electron chi connectivity index (χ2n) is 10.7. The fraction of sp³-hybridized carbons (Fsp3) is 0.548. The van der Waals surface area contributed by atoms with Crippen LogP contribution in [-0.2, 0) is 6.42 Å². The van der Waals surface area contributed by atoms with Gasteiger partial charge < -0.3 is 23.8 Å². The molecule has 0 spiro atoms. The molecule has 0 aromatic heterocycles. The zero-order valence-electron chi connectivity index (χ0n) is 22.1. The molecule has 1 aliphatic carbocycles. The molecule has 1 unspecified atom stereocenters. The highest BCUT2D eigenvalue weighted by molar-refractivity contribution is 6.17. The molecular weight excluding hydrogens is 486 g/mol. The van der Waals surface area contributed by atoms with E-state index in [1.54, 1.807) is 14.2 Å². The summed E-state index contributed by atoms with van der Waals surface area (Å²) in [6.07, 6.45) is 11.7. The molecule has 0 saturated heterocycles. The van der Waals surface area contributed by atoms with Crippen molar-refractivity contribution in [1.82, 2.24) is 4.90 Å². The number of alkyl halides is 1. The number of halogens is 1. The van der Waals surface area contributed by atoms with Crippen LogP contribution in [0.2, 0.25) is 0 Å². The lowest BCUT2D eigenvalue weighted by Gasteiger charge is -2.48. The minimum absolute atomic E-state index is 0.288. The molecule has 0 amide bonds. The van der Waals surface area contributed by atoms with Gasteiger partial charge in [-0.1, -0.05) is 31.7 Å². The Morgan fingerprint density at radius 1 is 0.946 bits per heavy atom. The van der Waals surface area contributed by atoms with E-state index < -0.39 is 0 Å². The minimum Gasteiger partial charge on any atom is -0.493 e. The maximum Gasteiger partial charge on any atom is 0.231 e. The second-order valence-corrected chi connectivity index (χ2v) is 11.1. The maximum atomic E-state index is 6.11.